The van der Waals surface area contributed by atoms with Crippen LogP contribution in [0.15, 0.2) is 60.8 Å². The van der Waals surface area contributed by atoms with Crippen molar-refractivity contribution in [1.82, 2.24) is 9.97 Å². The molecule has 6 heteroatoms. The molecule has 0 fully saturated rings. The molecule has 0 saturated carbocycles. The van der Waals surface area contributed by atoms with Gasteiger partial charge >= 0.3 is 5.97 Å². The van der Waals surface area contributed by atoms with E-state index in [1.807, 2.05) is 68.4 Å². The lowest BCUT2D eigenvalue weighted by Crippen LogP contribution is -2.17. The van der Waals surface area contributed by atoms with Gasteiger partial charge in [-0.15, -0.1) is 0 Å². The minimum absolute atomic E-state index is 0.00894. The number of anilines is 1. The second-order valence-electron chi connectivity index (χ2n) is 7.55. The molecule has 0 aliphatic carbocycles. The smallest absolute Gasteiger partial charge is 0.310 e. The standard InChI is InChI=1S/C25H27N3O3/c1-4-31-24(29)16-19-7-5-18(6-8-19)15-23-26-14-13-22(28-23)20-9-11-21(12-10-20)27-25(30)17(2)3/h5-14,17H,4,15-16H2,1-3H3,(H,27,30). The zero-order chi connectivity index (χ0) is 22.2. The van der Waals surface area contributed by atoms with Crippen LogP contribution >= 0.6 is 0 Å². The fraction of sp³-hybridized carbons (Fsp3) is 0.280. The molecule has 1 aromatic heterocycles. The van der Waals surface area contributed by atoms with Gasteiger partial charge in [0.2, 0.25) is 5.91 Å². The van der Waals surface area contributed by atoms with Crippen molar-refractivity contribution in [2.75, 3.05) is 11.9 Å². The summed E-state index contributed by atoms with van der Waals surface area (Å²) in [5.74, 6) is 0.419. The SMILES string of the molecule is CCOC(=O)Cc1ccc(Cc2nccc(-c3ccc(NC(=O)C(C)C)cc3)n2)cc1. The van der Waals surface area contributed by atoms with E-state index in [0.717, 1.165) is 28.1 Å². The summed E-state index contributed by atoms with van der Waals surface area (Å²) in [6.07, 6.45) is 2.62. The van der Waals surface area contributed by atoms with E-state index in [1.54, 1.807) is 13.1 Å². The van der Waals surface area contributed by atoms with Gasteiger partial charge in [-0.3, -0.25) is 9.59 Å². The largest absolute Gasteiger partial charge is 0.466 e. The molecule has 1 heterocycles. The van der Waals surface area contributed by atoms with E-state index in [1.165, 1.54) is 0 Å². The first-order chi connectivity index (χ1) is 14.9. The third kappa shape index (κ3) is 6.47. The fourth-order valence-electron chi connectivity index (χ4n) is 2.99. The van der Waals surface area contributed by atoms with Gasteiger partial charge < -0.3 is 10.1 Å². The second kappa shape index (κ2) is 10.5. The van der Waals surface area contributed by atoms with Crippen LogP contribution in [0.4, 0.5) is 5.69 Å². The fourth-order valence-corrected chi connectivity index (χ4v) is 2.99. The molecule has 2 aromatic carbocycles. The molecule has 3 aromatic rings. The van der Waals surface area contributed by atoms with Gasteiger partial charge in [0.25, 0.3) is 0 Å². The molecule has 0 aliphatic rings. The van der Waals surface area contributed by atoms with E-state index in [0.29, 0.717) is 18.9 Å². The Labute approximate surface area is 182 Å². The molecular formula is C25H27N3O3. The summed E-state index contributed by atoms with van der Waals surface area (Å²) < 4.78 is 4.98. The lowest BCUT2D eigenvalue weighted by atomic mass is 10.1. The molecule has 31 heavy (non-hydrogen) atoms. The Morgan fingerprint density at radius 2 is 1.65 bits per heavy atom. The zero-order valence-corrected chi connectivity index (χ0v) is 18.1. The van der Waals surface area contributed by atoms with E-state index in [-0.39, 0.29) is 24.2 Å². The zero-order valence-electron chi connectivity index (χ0n) is 18.1. The number of hydrogen-bond donors (Lipinski definition) is 1. The van der Waals surface area contributed by atoms with Gasteiger partial charge in [-0.2, -0.15) is 0 Å². The third-order valence-electron chi connectivity index (χ3n) is 4.72. The number of nitrogens with zero attached hydrogens (tertiary/aromatic N) is 2. The second-order valence-corrected chi connectivity index (χ2v) is 7.55. The maximum absolute atomic E-state index is 11.8. The van der Waals surface area contributed by atoms with Crippen LogP contribution in [0.1, 0.15) is 37.7 Å². The number of ether oxygens (including phenoxy) is 1. The van der Waals surface area contributed by atoms with Crippen molar-refractivity contribution >= 4 is 17.6 Å². The van der Waals surface area contributed by atoms with Gasteiger partial charge in [0.1, 0.15) is 5.82 Å². The summed E-state index contributed by atoms with van der Waals surface area (Å²) in [7, 11) is 0. The monoisotopic (exact) mass is 417 g/mol. The summed E-state index contributed by atoms with van der Waals surface area (Å²) in [5.41, 5.74) is 4.53. The summed E-state index contributed by atoms with van der Waals surface area (Å²) in [4.78, 5) is 32.5. The van der Waals surface area contributed by atoms with Gasteiger partial charge in [0.05, 0.1) is 18.7 Å². The summed E-state index contributed by atoms with van der Waals surface area (Å²) in [6, 6.07) is 17.3. The van der Waals surface area contributed by atoms with Crippen LogP contribution in [0.25, 0.3) is 11.3 Å². The molecule has 0 radical (unpaired) electrons. The number of esters is 1. The van der Waals surface area contributed by atoms with Gasteiger partial charge in [-0.1, -0.05) is 50.2 Å². The van der Waals surface area contributed by atoms with Crippen molar-refractivity contribution < 1.29 is 14.3 Å². The number of hydrogen-bond acceptors (Lipinski definition) is 5. The highest BCUT2D eigenvalue weighted by Crippen LogP contribution is 2.20. The molecule has 0 bridgehead atoms. The quantitative estimate of drug-likeness (QED) is 0.548. The highest BCUT2D eigenvalue weighted by molar-refractivity contribution is 5.92. The molecule has 0 aliphatic heterocycles. The molecule has 0 atom stereocenters. The number of carbonyl (C=O) groups excluding carboxylic acids is 2. The molecule has 0 spiro atoms. The Morgan fingerprint density at radius 1 is 0.968 bits per heavy atom. The van der Waals surface area contributed by atoms with E-state index in [9.17, 15) is 9.59 Å². The lowest BCUT2D eigenvalue weighted by Gasteiger charge is -2.09. The highest BCUT2D eigenvalue weighted by atomic mass is 16.5. The summed E-state index contributed by atoms with van der Waals surface area (Å²) in [6.45, 7) is 5.91. The van der Waals surface area contributed by atoms with Crippen molar-refractivity contribution in [3.05, 3.63) is 77.7 Å². The van der Waals surface area contributed by atoms with Crippen LogP contribution < -0.4 is 5.32 Å². The topological polar surface area (TPSA) is 81.2 Å². The Balaban J connectivity index is 1.66. The van der Waals surface area contributed by atoms with Crippen molar-refractivity contribution in [2.24, 2.45) is 5.92 Å². The predicted molar refractivity (Wildman–Crippen MR) is 121 cm³/mol. The molecule has 160 valence electrons. The minimum Gasteiger partial charge on any atom is -0.466 e. The van der Waals surface area contributed by atoms with Gasteiger partial charge in [-0.25, -0.2) is 9.97 Å². The third-order valence-corrected chi connectivity index (χ3v) is 4.72. The van der Waals surface area contributed by atoms with Crippen molar-refractivity contribution in [3.8, 4) is 11.3 Å². The highest BCUT2D eigenvalue weighted by Gasteiger charge is 2.09. The minimum atomic E-state index is -0.221. The van der Waals surface area contributed by atoms with Crippen molar-refractivity contribution in [2.45, 2.75) is 33.6 Å². The Kier molecular flexibility index (Phi) is 7.49. The van der Waals surface area contributed by atoms with Gasteiger partial charge in [0.15, 0.2) is 0 Å². The maximum atomic E-state index is 11.8. The van der Waals surface area contributed by atoms with Crippen molar-refractivity contribution in [1.29, 1.82) is 0 Å². The number of benzene rings is 2. The Hall–Kier alpha value is -3.54. The maximum Gasteiger partial charge on any atom is 0.310 e. The van der Waals surface area contributed by atoms with E-state index >= 15 is 0 Å². The molecule has 0 unspecified atom stereocenters. The van der Waals surface area contributed by atoms with Crippen LogP contribution in [0.2, 0.25) is 0 Å². The molecular weight excluding hydrogens is 390 g/mol. The molecule has 3 rings (SSSR count). The average molecular weight is 418 g/mol. The Bertz CT molecular complexity index is 1030. The van der Waals surface area contributed by atoms with Crippen LogP contribution in [-0.2, 0) is 27.2 Å². The summed E-state index contributed by atoms with van der Waals surface area (Å²) in [5, 5.41) is 2.89. The van der Waals surface area contributed by atoms with Gasteiger partial charge in [0, 0.05) is 29.8 Å². The molecule has 6 nitrogen and oxygen atoms in total. The number of amides is 1. The van der Waals surface area contributed by atoms with Crippen LogP contribution in [0.3, 0.4) is 0 Å². The van der Waals surface area contributed by atoms with Crippen LogP contribution in [0.5, 0.6) is 0 Å². The first kappa shape index (κ1) is 22.2. The molecule has 0 saturated heterocycles. The van der Waals surface area contributed by atoms with Crippen LogP contribution in [0, 0.1) is 5.92 Å². The van der Waals surface area contributed by atoms with E-state index in [2.05, 4.69) is 15.3 Å². The summed E-state index contributed by atoms with van der Waals surface area (Å²) >= 11 is 0. The van der Waals surface area contributed by atoms with Crippen molar-refractivity contribution in [3.63, 3.8) is 0 Å². The number of nitrogens with one attached hydrogen (secondary N) is 1. The first-order valence-electron chi connectivity index (χ1n) is 10.4. The number of aromatic nitrogens is 2. The number of carbonyl (C=O) groups is 2. The van der Waals surface area contributed by atoms with Gasteiger partial charge in [-0.05, 0) is 36.2 Å². The lowest BCUT2D eigenvalue weighted by molar-refractivity contribution is -0.142. The predicted octanol–water partition coefficient (Wildman–Crippen LogP) is 4.43. The Morgan fingerprint density at radius 3 is 2.29 bits per heavy atom. The molecule has 1 N–H and O–H groups in total. The van der Waals surface area contributed by atoms with E-state index < -0.39 is 0 Å². The average Bonchev–Trinajstić information content (AvgIpc) is 2.76. The normalized spacial score (nSPS) is 10.7. The van der Waals surface area contributed by atoms with E-state index in [4.69, 9.17) is 4.74 Å². The van der Waals surface area contributed by atoms with Crippen LogP contribution in [-0.4, -0.2) is 28.5 Å². The number of rotatable bonds is 8. The first-order valence-corrected chi connectivity index (χ1v) is 10.4. The molecule has 1 amide bonds.